The van der Waals surface area contributed by atoms with Gasteiger partial charge in [0.15, 0.2) is 0 Å². The van der Waals surface area contributed by atoms with Gasteiger partial charge in [0, 0.05) is 50.0 Å². The third kappa shape index (κ3) is 19.8. The van der Waals surface area contributed by atoms with Gasteiger partial charge in [0.1, 0.15) is 24.2 Å². The molecule has 1 saturated heterocycles. The second-order valence-electron chi connectivity index (χ2n) is 15.7. The number of nitrogens with two attached hydrogens (primary N) is 1. The Balaban J connectivity index is 1.46. The Bertz CT molecular complexity index is 1780. The Hall–Kier alpha value is -5.65. The first-order valence-electron chi connectivity index (χ1n) is 21.5. The van der Waals surface area contributed by atoms with Crippen LogP contribution in [-0.2, 0) is 39.3 Å². The van der Waals surface area contributed by atoms with E-state index < -0.39 is 42.0 Å². The second kappa shape index (κ2) is 28.0. The summed E-state index contributed by atoms with van der Waals surface area (Å²) < 4.78 is 0. The van der Waals surface area contributed by atoms with E-state index in [0.717, 1.165) is 36.3 Å². The molecule has 10 N–H and O–H groups in total. The molecular weight excluding hydrogens is 815 g/mol. The van der Waals surface area contributed by atoms with Crippen molar-refractivity contribution >= 4 is 70.5 Å². The third-order valence-corrected chi connectivity index (χ3v) is 11.3. The highest BCUT2D eigenvalue weighted by molar-refractivity contribution is 7.98. The number of thioether (sulfide) groups is 1. The number of unbranched alkanes of at least 4 members (excludes halogenated alkanes) is 4. The molecule has 3 rings (SSSR count). The van der Waals surface area contributed by atoms with Crippen LogP contribution in [0, 0.1) is 5.92 Å². The van der Waals surface area contributed by atoms with Crippen molar-refractivity contribution in [2.24, 2.45) is 11.7 Å². The van der Waals surface area contributed by atoms with Crippen LogP contribution >= 0.6 is 11.8 Å². The standard InChI is InChI=1S/C44H65N9O8S/c1-29(2)39(53-37(55)19-11-5-10-18-36(54)46-3)43(60)52-34(17-13-26-47-44(45)61)41(58)49-32-22-20-30(21-23-32)28-62-27-12-6-9-16-33(40(57)48-31-14-7-4-8-15-31)51-42(59)35-24-25-38(56)50-35/h4,7-8,14-15,20-23,29,33-35,39H,5-6,9-13,16-19,24-28H2,1-3H3,(H,46,54)(H,48,57)(H,49,58)(H,50,56)(H,51,59)(H,52,60)(H,53,55)(H3,45,47,61)/t33-,34-,35+,39-/m0/s1. The Labute approximate surface area is 368 Å². The summed E-state index contributed by atoms with van der Waals surface area (Å²) in [5, 5.41) is 21.9. The van der Waals surface area contributed by atoms with Gasteiger partial charge < -0.3 is 48.3 Å². The maximum Gasteiger partial charge on any atom is 0.312 e. The molecule has 1 fully saturated rings. The molecule has 0 aliphatic carbocycles. The lowest BCUT2D eigenvalue weighted by Crippen LogP contribution is -2.54. The minimum absolute atomic E-state index is 0.0543. The van der Waals surface area contributed by atoms with Crippen molar-refractivity contribution < 1.29 is 38.4 Å². The number of carbonyl (C=O) groups is 8. The summed E-state index contributed by atoms with van der Waals surface area (Å²) in [4.78, 5) is 99.9. The van der Waals surface area contributed by atoms with E-state index >= 15 is 0 Å². The Kier molecular flexibility index (Phi) is 22.9. The predicted molar refractivity (Wildman–Crippen MR) is 241 cm³/mol. The van der Waals surface area contributed by atoms with Gasteiger partial charge in [-0.15, -0.1) is 0 Å². The number of hydrogen-bond donors (Lipinski definition) is 9. The van der Waals surface area contributed by atoms with Crippen molar-refractivity contribution in [1.82, 2.24) is 31.9 Å². The quantitative estimate of drug-likeness (QED) is 0.0566. The number of rotatable bonds is 28. The zero-order valence-corrected chi connectivity index (χ0v) is 37.0. The molecule has 1 aliphatic rings. The van der Waals surface area contributed by atoms with E-state index in [4.69, 9.17) is 5.73 Å². The molecule has 0 bridgehead atoms. The van der Waals surface area contributed by atoms with Crippen LogP contribution in [0.4, 0.5) is 16.2 Å². The van der Waals surface area contributed by atoms with Crippen molar-refractivity contribution in [2.75, 3.05) is 30.0 Å². The molecular formula is C44H65N9O8S. The zero-order chi connectivity index (χ0) is 45.3. The molecule has 18 heteroatoms. The molecule has 0 radical (unpaired) electrons. The summed E-state index contributed by atoms with van der Waals surface area (Å²) in [7, 11) is 1.58. The summed E-state index contributed by atoms with van der Waals surface area (Å²) >= 11 is 1.76. The average Bonchev–Trinajstić information content (AvgIpc) is 3.69. The molecule has 2 aromatic carbocycles. The van der Waals surface area contributed by atoms with Crippen LogP contribution in [0.5, 0.6) is 0 Å². The van der Waals surface area contributed by atoms with E-state index in [1.165, 1.54) is 0 Å². The fourth-order valence-electron chi connectivity index (χ4n) is 6.64. The molecule has 0 aromatic heterocycles. The summed E-state index contributed by atoms with van der Waals surface area (Å²) in [6.45, 7) is 3.81. The van der Waals surface area contributed by atoms with Crippen LogP contribution in [-0.4, -0.2) is 90.9 Å². The lowest BCUT2D eigenvalue weighted by molar-refractivity contribution is -0.132. The molecule has 62 heavy (non-hydrogen) atoms. The summed E-state index contributed by atoms with van der Waals surface area (Å²) in [5.74, 6) is -0.785. The first-order chi connectivity index (χ1) is 29.7. The van der Waals surface area contributed by atoms with E-state index in [-0.39, 0.29) is 61.3 Å². The highest BCUT2D eigenvalue weighted by Gasteiger charge is 2.31. The highest BCUT2D eigenvalue weighted by Crippen LogP contribution is 2.19. The van der Waals surface area contributed by atoms with Crippen LogP contribution in [0.1, 0.15) is 103 Å². The fourth-order valence-corrected chi connectivity index (χ4v) is 7.62. The van der Waals surface area contributed by atoms with Crippen LogP contribution in [0.25, 0.3) is 0 Å². The number of carbonyl (C=O) groups excluding carboxylic acids is 8. The molecule has 340 valence electrons. The summed E-state index contributed by atoms with van der Waals surface area (Å²) in [6.07, 6.45) is 6.68. The van der Waals surface area contributed by atoms with Gasteiger partial charge >= 0.3 is 6.03 Å². The van der Waals surface area contributed by atoms with Gasteiger partial charge in [-0.25, -0.2) is 4.79 Å². The van der Waals surface area contributed by atoms with Gasteiger partial charge in [0.2, 0.25) is 41.4 Å². The Morgan fingerprint density at radius 1 is 0.726 bits per heavy atom. The first-order valence-corrected chi connectivity index (χ1v) is 22.7. The third-order valence-electron chi connectivity index (χ3n) is 10.2. The highest BCUT2D eigenvalue weighted by atomic mass is 32.2. The maximum atomic E-state index is 13.5. The Morgan fingerprint density at radius 3 is 1.95 bits per heavy atom. The van der Waals surface area contributed by atoms with Gasteiger partial charge in [0.25, 0.3) is 0 Å². The Morgan fingerprint density at radius 2 is 1.34 bits per heavy atom. The molecule has 17 nitrogen and oxygen atoms in total. The normalized spacial score (nSPS) is 14.7. The predicted octanol–water partition coefficient (Wildman–Crippen LogP) is 3.59. The minimum atomic E-state index is -0.963. The molecule has 1 heterocycles. The summed E-state index contributed by atoms with van der Waals surface area (Å²) in [6, 6.07) is 12.5. The molecule has 0 saturated carbocycles. The van der Waals surface area contributed by atoms with Crippen molar-refractivity contribution in [3.8, 4) is 0 Å². The van der Waals surface area contributed by atoms with Crippen molar-refractivity contribution in [3.05, 3.63) is 60.2 Å². The van der Waals surface area contributed by atoms with Gasteiger partial charge in [-0.1, -0.05) is 63.4 Å². The van der Waals surface area contributed by atoms with Gasteiger partial charge in [-0.3, -0.25) is 33.6 Å². The number of nitrogens with one attached hydrogen (secondary N) is 8. The van der Waals surface area contributed by atoms with Crippen molar-refractivity contribution in [3.63, 3.8) is 0 Å². The van der Waals surface area contributed by atoms with Crippen LogP contribution in [0.3, 0.4) is 0 Å². The van der Waals surface area contributed by atoms with Gasteiger partial charge in [-0.2, -0.15) is 11.8 Å². The molecule has 0 unspecified atom stereocenters. The number of amides is 9. The number of anilines is 2. The van der Waals surface area contributed by atoms with E-state index in [1.54, 1.807) is 56.9 Å². The van der Waals surface area contributed by atoms with Crippen LogP contribution in [0.15, 0.2) is 54.6 Å². The zero-order valence-electron chi connectivity index (χ0n) is 36.1. The lowest BCUT2D eigenvalue weighted by atomic mass is 10.0. The smallest absolute Gasteiger partial charge is 0.312 e. The number of hydrogen-bond acceptors (Lipinski definition) is 9. The number of para-hydroxylation sites is 1. The second-order valence-corrected chi connectivity index (χ2v) is 16.8. The molecule has 2 aromatic rings. The minimum Gasteiger partial charge on any atom is -0.359 e. The fraction of sp³-hybridized carbons (Fsp3) is 0.545. The van der Waals surface area contributed by atoms with E-state index in [9.17, 15) is 38.4 Å². The van der Waals surface area contributed by atoms with Crippen molar-refractivity contribution in [1.29, 1.82) is 0 Å². The average molecular weight is 880 g/mol. The SMILES string of the molecule is CNC(=O)CCCCCC(=O)N[C@H](C(=O)N[C@@H](CCCNC(N)=O)C(=O)Nc1ccc(CSCCCCC[C@H](NC(=O)[C@H]2CCC(=O)N2)C(=O)Nc2ccccc2)cc1)C(C)C. The van der Waals surface area contributed by atoms with E-state index in [2.05, 4.69) is 42.5 Å². The van der Waals surface area contributed by atoms with Gasteiger partial charge in [0.05, 0.1) is 0 Å². The molecule has 9 amide bonds. The molecule has 1 aliphatic heterocycles. The number of primary amides is 1. The number of urea groups is 1. The summed E-state index contributed by atoms with van der Waals surface area (Å²) in [5.41, 5.74) is 7.42. The topological polar surface area (TPSA) is 259 Å². The van der Waals surface area contributed by atoms with E-state index in [0.29, 0.717) is 56.3 Å². The van der Waals surface area contributed by atoms with Gasteiger partial charge in [-0.05, 0) is 86.4 Å². The number of benzene rings is 2. The molecule has 0 spiro atoms. The monoisotopic (exact) mass is 879 g/mol. The van der Waals surface area contributed by atoms with E-state index in [1.807, 2.05) is 30.3 Å². The first kappa shape index (κ1) is 50.7. The van der Waals surface area contributed by atoms with Crippen molar-refractivity contribution in [2.45, 2.75) is 127 Å². The maximum absolute atomic E-state index is 13.5. The van der Waals surface area contributed by atoms with Crippen LogP contribution < -0.4 is 48.3 Å². The molecule has 4 atom stereocenters. The lowest BCUT2D eigenvalue weighted by Gasteiger charge is -2.25. The van der Waals surface area contributed by atoms with Crippen LogP contribution in [0.2, 0.25) is 0 Å². The largest absolute Gasteiger partial charge is 0.359 e.